The molecule has 0 saturated carbocycles. The Hall–Kier alpha value is -2.57. The van der Waals surface area contributed by atoms with Crippen molar-refractivity contribution in [2.45, 2.75) is 20.3 Å². The minimum atomic E-state index is -0.974. The average molecular weight is 320 g/mol. The third kappa shape index (κ3) is 4.98. The van der Waals surface area contributed by atoms with Gasteiger partial charge in [-0.3, -0.25) is 4.79 Å². The summed E-state index contributed by atoms with van der Waals surface area (Å²) in [6, 6.07) is 4.84. The molecule has 0 radical (unpaired) electrons. The summed E-state index contributed by atoms with van der Waals surface area (Å²) >= 11 is 0. The van der Waals surface area contributed by atoms with Crippen molar-refractivity contribution >= 4 is 17.5 Å². The number of hydrogen-bond acceptors (Lipinski definition) is 4. The maximum Gasteiger partial charge on any atom is 0.270 e. The molecule has 2 rings (SSSR count). The van der Waals surface area contributed by atoms with Gasteiger partial charge in [0, 0.05) is 24.5 Å². The Morgan fingerprint density at radius 3 is 2.70 bits per heavy atom. The third-order valence-corrected chi connectivity index (χ3v) is 3.07. The molecule has 0 bridgehead atoms. The first-order valence-corrected chi connectivity index (χ1v) is 7.29. The predicted octanol–water partition coefficient (Wildman–Crippen LogP) is 3.27. The largest absolute Gasteiger partial charge is 0.351 e. The molecule has 2 N–H and O–H groups in total. The maximum absolute atomic E-state index is 13.2. The fourth-order valence-electron chi connectivity index (χ4n) is 1.81. The minimum Gasteiger partial charge on any atom is -0.351 e. The van der Waals surface area contributed by atoms with Crippen LogP contribution in [0.25, 0.3) is 0 Å². The number of nitrogens with one attached hydrogen (secondary N) is 2. The van der Waals surface area contributed by atoms with Gasteiger partial charge in [-0.2, -0.15) is 0 Å². The molecule has 5 nitrogen and oxygen atoms in total. The van der Waals surface area contributed by atoms with E-state index in [4.69, 9.17) is 0 Å². The highest BCUT2D eigenvalue weighted by Gasteiger charge is 2.09. The number of rotatable bonds is 6. The van der Waals surface area contributed by atoms with Crippen LogP contribution in [0.4, 0.5) is 20.4 Å². The molecule has 0 aliphatic carbocycles. The quantitative estimate of drug-likeness (QED) is 0.857. The number of anilines is 2. The van der Waals surface area contributed by atoms with Crippen LogP contribution in [0.15, 0.2) is 30.5 Å². The molecule has 122 valence electrons. The molecule has 0 aliphatic heterocycles. The van der Waals surface area contributed by atoms with E-state index in [9.17, 15) is 13.6 Å². The Morgan fingerprint density at radius 1 is 1.22 bits per heavy atom. The van der Waals surface area contributed by atoms with Crippen molar-refractivity contribution in [3.05, 3.63) is 47.8 Å². The van der Waals surface area contributed by atoms with E-state index >= 15 is 0 Å². The summed E-state index contributed by atoms with van der Waals surface area (Å²) in [4.78, 5) is 20.0. The normalized spacial score (nSPS) is 10.7. The zero-order chi connectivity index (χ0) is 16.8. The molecule has 0 aliphatic rings. The zero-order valence-electron chi connectivity index (χ0n) is 12.9. The molecule has 0 unspecified atom stereocenters. The monoisotopic (exact) mass is 320 g/mol. The number of benzene rings is 1. The number of carbonyl (C=O) groups is 1. The van der Waals surface area contributed by atoms with Crippen molar-refractivity contribution in [3.63, 3.8) is 0 Å². The molecule has 2 aromatic rings. The van der Waals surface area contributed by atoms with Crippen molar-refractivity contribution in [1.82, 2.24) is 15.3 Å². The Bertz CT molecular complexity index is 692. The molecule has 0 fully saturated rings. The molecule has 1 amide bonds. The van der Waals surface area contributed by atoms with Crippen LogP contribution in [-0.4, -0.2) is 22.4 Å². The van der Waals surface area contributed by atoms with E-state index in [-0.39, 0.29) is 17.5 Å². The highest BCUT2D eigenvalue weighted by Crippen LogP contribution is 2.16. The van der Waals surface area contributed by atoms with Gasteiger partial charge in [-0.25, -0.2) is 18.7 Å². The summed E-state index contributed by atoms with van der Waals surface area (Å²) in [5, 5.41) is 5.50. The van der Waals surface area contributed by atoms with E-state index in [0.29, 0.717) is 18.2 Å². The molecule has 0 atom stereocenters. The van der Waals surface area contributed by atoms with E-state index in [1.54, 1.807) is 0 Å². The SMILES string of the molecule is CC(C)CCNC(=O)c1ccnc(Nc2ccc(F)c(F)c2)n1. The van der Waals surface area contributed by atoms with Crippen molar-refractivity contribution in [1.29, 1.82) is 0 Å². The van der Waals surface area contributed by atoms with Gasteiger partial charge in [-0.15, -0.1) is 0 Å². The van der Waals surface area contributed by atoms with E-state index in [2.05, 4.69) is 34.4 Å². The molecule has 7 heteroatoms. The zero-order valence-corrected chi connectivity index (χ0v) is 12.9. The summed E-state index contributed by atoms with van der Waals surface area (Å²) in [5.41, 5.74) is 0.495. The molecule has 23 heavy (non-hydrogen) atoms. The Balaban J connectivity index is 2.04. The van der Waals surface area contributed by atoms with Gasteiger partial charge in [0.05, 0.1) is 0 Å². The second kappa shape index (κ2) is 7.62. The van der Waals surface area contributed by atoms with Crippen LogP contribution >= 0.6 is 0 Å². The highest BCUT2D eigenvalue weighted by atomic mass is 19.2. The lowest BCUT2D eigenvalue weighted by Gasteiger charge is -2.08. The Kier molecular flexibility index (Phi) is 5.56. The van der Waals surface area contributed by atoms with Gasteiger partial charge in [0.1, 0.15) is 5.69 Å². The van der Waals surface area contributed by atoms with Crippen LogP contribution in [0, 0.1) is 17.6 Å². The van der Waals surface area contributed by atoms with Crippen molar-refractivity contribution in [3.8, 4) is 0 Å². The topological polar surface area (TPSA) is 66.9 Å². The number of nitrogens with zero attached hydrogens (tertiary/aromatic N) is 2. The predicted molar refractivity (Wildman–Crippen MR) is 83.5 cm³/mol. The molecular formula is C16H18F2N4O. The van der Waals surface area contributed by atoms with E-state index in [1.165, 1.54) is 18.3 Å². The average Bonchev–Trinajstić information content (AvgIpc) is 2.51. The number of aromatic nitrogens is 2. The van der Waals surface area contributed by atoms with Crippen molar-refractivity contribution in [2.24, 2.45) is 5.92 Å². The molecule has 0 spiro atoms. The standard InChI is InChI=1S/C16H18F2N4O/c1-10(2)5-7-19-15(23)14-6-8-20-16(22-14)21-11-3-4-12(17)13(18)9-11/h3-4,6,8-10H,5,7H2,1-2H3,(H,19,23)(H,20,21,22). The first kappa shape index (κ1) is 16.8. The summed E-state index contributed by atoms with van der Waals surface area (Å²) < 4.78 is 26.1. The van der Waals surface area contributed by atoms with Crippen LogP contribution in [0.3, 0.4) is 0 Å². The minimum absolute atomic E-state index is 0.132. The second-order valence-corrected chi connectivity index (χ2v) is 5.46. The highest BCUT2D eigenvalue weighted by molar-refractivity contribution is 5.92. The van der Waals surface area contributed by atoms with Crippen molar-refractivity contribution < 1.29 is 13.6 Å². The maximum atomic E-state index is 13.2. The third-order valence-electron chi connectivity index (χ3n) is 3.07. The molecule has 1 heterocycles. The lowest BCUT2D eigenvalue weighted by atomic mass is 10.1. The van der Waals surface area contributed by atoms with Gasteiger partial charge in [0.15, 0.2) is 11.6 Å². The van der Waals surface area contributed by atoms with Gasteiger partial charge in [0.25, 0.3) is 5.91 Å². The molecule has 1 aromatic carbocycles. The first-order chi connectivity index (χ1) is 11.0. The fraction of sp³-hybridized carbons (Fsp3) is 0.312. The lowest BCUT2D eigenvalue weighted by Crippen LogP contribution is -2.26. The van der Waals surface area contributed by atoms with E-state index < -0.39 is 11.6 Å². The Labute approximate surface area is 133 Å². The fourth-order valence-corrected chi connectivity index (χ4v) is 1.81. The molecule has 0 saturated heterocycles. The van der Waals surface area contributed by atoms with Gasteiger partial charge >= 0.3 is 0 Å². The van der Waals surface area contributed by atoms with Crippen LogP contribution in [0.5, 0.6) is 0 Å². The second-order valence-electron chi connectivity index (χ2n) is 5.46. The first-order valence-electron chi connectivity index (χ1n) is 7.29. The summed E-state index contributed by atoms with van der Waals surface area (Å²) in [6.45, 7) is 4.70. The summed E-state index contributed by atoms with van der Waals surface area (Å²) in [5.74, 6) is -1.59. The van der Waals surface area contributed by atoms with Crippen LogP contribution in [0.1, 0.15) is 30.8 Å². The van der Waals surface area contributed by atoms with Gasteiger partial charge < -0.3 is 10.6 Å². The number of amides is 1. The molecule has 1 aromatic heterocycles. The summed E-state index contributed by atoms with van der Waals surface area (Å²) in [6.07, 6.45) is 2.29. The number of halogens is 2. The van der Waals surface area contributed by atoms with Gasteiger partial charge in [-0.1, -0.05) is 13.8 Å². The Morgan fingerprint density at radius 2 is 2.00 bits per heavy atom. The lowest BCUT2D eigenvalue weighted by molar-refractivity contribution is 0.0947. The number of hydrogen-bond donors (Lipinski definition) is 2. The van der Waals surface area contributed by atoms with E-state index in [0.717, 1.165) is 18.6 Å². The smallest absolute Gasteiger partial charge is 0.270 e. The van der Waals surface area contributed by atoms with Crippen LogP contribution in [0.2, 0.25) is 0 Å². The van der Waals surface area contributed by atoms with Gasteiger partial charge in [-0.05, 0) is 30.5 Å². The van der Waals surface area contributed by atoms with Crippen LogP contribution in [-0.2, 0) is 0 Å². The van der Waals surface area contributed by atoms with E-state index in [1.807, 2.05) is 0 Å². The molecular weight excluding hydrogens is 302 g/mol. The number of carbonyl (C=O) groups excluding carboxylic acids is 1. The van der Waals surface area contributed by atoms with Gasteiger partial charge in [0.2, 0.25) is 5.95 Å². The van der Waals surface area contributed by atoms with Crippen molar-refractivity contribution in [2.75, 3.05) is 11.9 Å². The van der Waals surface area contributed by atoms with Crippen LogP contribution < -0.4 is 10.6 Å². The summed E-state index contributed by atoms with van der Waals surface area (Å²) in [7, 11) is 0.